The molecule has 0 atom stereocenters. The molecule has 19 heavy (non-hydrogen) atoms. The van der Waals surface area contributed by atoms with Crippen LogP contribution in [0.5, 0.6) is 6.01 Å². The molecule has 1 heterocycles. The Hall–Kier alpha value is -1.45. The third-order valence-corrected chi connectivity index (χ3v) is 3.29. The van der Waals surface area contributed by atoms with Crippen molar-refractivity contribution in [1.29, 1.82) is 0 Å². The van der Waals surface area contributed by atoms with E-state index in [1.807, 2.05) is 18.2 Å². The number of halogens is 2. The van der Waals surface area contributed by atoms with Crippen molar-refractivity contribution < 1.29 is 4.74 Å². The fourth-order valence-electron chi connectivity index (χ4n) is 1.28. The molecule has 0 aliphatic rings. The quantitative estimate of drug-likeness (QED) is 0.545. The van der Waals surface area contributed by atoms with Crippen LogP contribution in [0.15, 0.2) is 27.1 Å². The predicted molar refractivity (Wildman–Crippen MR) is 79.3 cm³/mol. The van der Waals surface area contributed by atoms with Crippen molar-refractivity contribution in [2.75, 3.05) is 17.9 Å². The highest BCUT2D eigenvalue weighted by molar-refractivity contribution is 9.11. The number of nitrogens with one attached hydrogen (secondary N) is 2. The number of anilines is 3. The van der Waals surface area contributed by atoms with Gasteiger partial charge in [-0.2, -0.15) is 15.0 Å². The Morgan fingerprint density at radius 1 is 1.16 bits per heavy atom. The van der Waals surface area contributed by atoms with Gasteiger partial charge in [0.1, 0.15) is 0 Å². The van der Waals surface area contributed by atoms with E-state index < -0.39 is 0 Å². The number of benzene rings is 1. The Morgan fingerprint density at radius 2 is 1.89 bits per heavy atom. The summed E-state index contributed by atoms with van der Waals surface area (Å²) in [6.45, 7) is 0. The van der Waals surface area contributed by atoms with Crippen molar-refractivity contribution in [3.05, 3.63) is 27.1 Å². The van der Waals surface area contributed by atoms with Gasteiger partial charge in [-0.1, -0.05) is 15.9 Å². The van der Waals surface area contributed by atoms with Gasteiger partial charge in [-0.05, 0) is 34.1 Å². The van der Waals surface area contributed by atoms with Crippen molar-refractivity contribution in [2.45, 2.75) is 0 Å². The number of methoxy groups -OCH3 is 1. The summed E-state index contributed by atoms with van der Waals surface area (Å²) in [4.78, 5) is 12.1. The van der Waals surface area contributed by atoms with Gasteiger partial charge in [-0.3, -0.25) is 5.43 Å². The topological polar surface area (TPSA) is 98.0 Å². The molecule has 0 radical (unpaired) electrons. The average molecular weight is 390 g/mol. The Labute approximate surface area is 126 Å². The second-order valence-corrected chi connectivity index (χ2v) is 5.13. The van der Waals surface area contributed by atoms with E-state index in [4.69, 9.17) is 10.6 Å². The van der Waals surface area contributed by atoms with Crippen LogP contribution < -0.4 is 21.3 Å². The first-order valence-corrected chi connectivity index (χ1v) is 6.69. The van der Waals surface area contributed by atoms with E-state index in [1.54, 1.807) is 0 Å². The summed E-state index contributed by atoms with van der Waals surface area (Å²) in [6.07, 6.45) is 0. The fourth-order valence-corrected chi connectivity index (χ4v) is 1.99. The molecule has 9 heteroatoms. The third-order valence-electron chi connectivity index (χ3n) is 2.10. The summed E-state index contributed by atoms with van der Waals surface area (Å²) in [5.41, 5.74) is 3.15. The average Bonchev–Trinajstić information content (AvgIpc) is 2.42. The lowest BCUT2D eigenvalue weighted by molar-refractivity contribution is 0.379. The van der Waals surface area contributed by atoms with Gasteiger partial charge in [0.2, 0.25) is 11.9 Å². The molecular weight excluding hydrogens is 380 g/mol. The summed E-state index contributed by atoms with van der Waals surface area (Å²) in [6, 6.07) is 5.86. The lowest BCUT2D eigenvalue weighted by atomic mass is 10.3. The number of ether oxygens (including phenoxy) is 1. The first-order chi connectivity index (χ1) is 9.12. The van der Waals surface area contributed by atoms with Gasteiger partial charge in [0.25, 0.3) is 0 Å². The molecule has 0 amide bonds. The van der Waals surface area contributed by atoms with Crippen molar-refractivity contribution >= 4 is 49.4 Å². The molecule has 2 aromatic rings. The van der Waals surface area contributed by atoms with E-state index >= 15 is 0 Å². The lowest BCUT2D eigenvalue weighted by Crippen LogP contribution is -2.13. The van der Waals surface area contributed by atoms with Crippen LogP contribution in [-0.2, 0) is 0 Å². The Balaban J connectivity index is 2.34. The van der Waals surface area contributed by atoms with Crippen molar-refractivity contribution in [1.82, 2.24) is 15.0 Å². The fraction of sp³-hybridized carbons (Fsp3) is 0.100. The molecule has 2 rings (SSSR count). The summed E-state index contributed by atoms with van der Waals surface area (Å²) >= 11 is 6.83. The number of rotatable bonds is 4. The van der Waals surface area contributed by atoms with Crippen LogP contribution in [0.25, 0.3) is 0 Å². The number of nitrogens with zero attached hydrogens (tertiary/aromatic N) is 3. The molecule has 1 aromatic carbocycles. The largest absolute Gasteiger partial charge is 0.467 e. The minimum atomic E-state index is 0.163. The summed E-state index contributed by atoms with van der Waals surface area (Å²) in [5.74, 6) is 5.81. The van der Waals surface area contributed by atoms with E-state index in [0.717, 1.165) is 14.6 Å². The molecule has 0 fully saturated rings. The maximum absolute atomic E-state index is 5.29. The molecule has 0 saturated heterocycles. The number of nitrogens with two attached hydrogens (primary N) is 1. The van der Waals surface area contributed by atoms with Crippen LogP contribution in [0.2, 0.25) is 0 Å². The van der Waals surface area contributed by atoms with Gasteiger partial charge in [-0.25, -0.2) is 5.84 Å². The lowest BCUT2D eigenvalue weighted by Gasteiger charge is -2.09. The summed E-state index contributed by atoms with van der Waals surface area (Å²) in [7, 11) is 1.47. The van der Waals surface area contributed by atoms with E-state index in [1.165, 1.54) is 7.11 Å². The molecule has 0 bridgehead atoms. The molecule has 100 valence electrons. The second-order valence-electron chi connectivity index (χ2n) is 3.36. The molecule has 0 aliphatic carbocycles. The van der Waals surface area contributed by atoms with Crippen molar-refractivity contribution in [3.8, 4) is 6.01 Å². The first-order valence-electron chi connectivity index (χ1n) is 5.11. The molecule has 7 nitrogen and oxygen atoms in total. The number of aromatic nitrogens is 3. The van der Waals surface area contributed by atoms with Gasteiger partial charge in [0.15, 0.2) is 0 Å². The number of hydrazine groups is 1. The SMILES string of the molecule is COc1nc(NN)nc(Nc2cc(Br)ccc2Br)n1. The predicted octanol–water partition coefficient (Wildman–Crippen LogP) is 2.43. The number of hydrogen-bond acceptors (Lipinski definition) is 7. The summed E-state index contributed by atoms with van der Waals surface area (Å²) < 4.78 is 6.77. The van der Waals surface area contributed by atoms with Crippen LogP contribution in [0, 0.1) is 0 Å². The van der Waals surface area contributed by atoms with E-state index in [0.29, 0.717) is 5.95 Å². The maximum atomic E-state index is 5.29. The van der Waals surface area contributed by atoms with E-state index in [-0.39, 0.29) is 12.0 Å². The van der Waals surface area contributed by atoms with Gasteiger partial charge < -0.3 is 10.1 Å². The second kappa shape index (κ2) is 6.13. The molecule has 0 aliphatic heterocycles. The molecule has 4 N–H and O–H groups in total. The smallest absolute Gasteiger partial charge is 0.322 e. The van der Waals surface area contributed by atoms with Gasteiger partial charge >= 0.3 is 6.01 Å². The standard InChI is InChI=1S/C10H10Br2N6O/c1-19-10-16-8(15-9(17-10)18-13)14-7-4-5(11)2-3-6(7)12/h2-4H,13H2,1H3,(H2,14,15,16,17,18). The van der Waals surface area contributed by atoms with Crippen LogP contribution in [0.1, 0.15) is 0 Å². The highest BCUT2D eigenvalue weighted by Crippen LogP contribution is 2.28. The zero-order valence-electron chi connectivity index (χ0n) is 9.82. The molecule has 0 unspecified atom stereocenters. The molecular formula is C10H10Br2N6O. The third kappa shape index (κ3) is 3.52. The molecule has 0 saturated carbocycles. The normalized spacial score (nSPS) is 10.1. The highest BCUT2D eigenvalue weighted by Gasteiger charge is 2.08. The Bertz CT molecular complexity index is 572. The van der Waals surface area contributed by atoms with E-state index in [9.17, 15) is 0 Å². The van der Waals surface area contributed by atoms with Crippen LogP contribution in [0.3, 0.4) is 0 Å². The Kier molecular flexibility index (Phi) is 4.51. The highest BCUT2D eigenvalue weighted by atomic mass is 79.9. The van der Waals surface area contributed by atoms with Crippen LogP contribution >= 0.6 is 31.9 Å². The van der Waals surface area contributed by atoms with Gasteiger partial charge in [0.05, 0.1) is 12.8 Å². The molecule has 0 spiro atoms. The number of nitrogen functional groups attached to an aromatic ring is 1. The first kappa shape index (κ1) is 14.0. The number of hydrogen-bond donors (Lipinski definition) is 3. The monoisotopic (exact) mass is 388 g/mol. The zero-order chi connectivity index (χ0) is 13.8. The van der Waals surface area contributed by atoms with E-state index in [2.05, 4.69) is 57.6 Å². The van der Waals surface area contributed by atoms with Crippen molar-refractivity contribution in [2.24, 2.45) is 5.84 Å². The van der Waals surface area contributed by atoms with Gasteiger partial charge in [0, 0.05) is 8.95 Å². The van der Waals surface area contributed by atoms with Crippen LogP contribution in [0.4, 0.5) is 17.6 Å². The summed E-state index contributed by atoms with van der Waals surface area (Å²) in [5, 5.41) is 3.05. The maximum Gasteiger partial charge on any atom is 0.322 e. The zero-order valence-corrected chi connectivity index (χ0v) is 13.0. The van der Waals surface area contributed by atoms with Crippen LogP contribution in [-0.4, -0.2) is 22.1 Å². The minimum absolute atomic E-state index is 0.163. The molecule has 1 aromatic heterocycles. The van der Waals surface area contributed by atoms with Gasteiger partial charge in [-0.15, -0.1) is 0 Å². The van der Waals surface area contributed by atoms with Crippen molar-refractivity contribution in [3.63, 3.8) is 0 Å². The Morgan fingerprint density at radius 3 is 2.58 bits per heavy atom. The minimum Gasteiger partial charge on any atom is -0.467 e.